The molecule has 6 nitrogen and oxygen atoms in total. The maximum absolute atomic E-state index is 13.3. The van der Waals surface area contributed by atoms with Gasteiger partial charge in [0, 0.05) is 0 Å². The minimum atomic E-state index is -3.93. The number of esters is 1. The number of methoxy groups -OCH3 is 1. The van der Waals surface area contributed by atoms with Crippen LogP contribution in [0.25, 0.3) is 0 Å². The van der Waals surface area contributed by atoms with Gasteiger partial charge in [0.2, 0.25) is 0 Å². The van der Waals surface area contributed by atoms with Crippen molar-refractivity contribution in [3.63, 3.8) is 0 Å². The summed E-state index contributed by atoms with van der Waals surface area (Å²) >= 11 is 0. The molecule has 0 aliphatic rings. The molecule has 0 aliphatic carbocycles. The number of benzene rings is 3. The van der Waals surface area contributed by atoms with Gasteiger partial charge in [-0.15, -0.1) is 0 Å². The lowest BCUT2D eigenvalue weighted by atomic mass is 10.1. The molecule has 0 unspecified atom stereocenters. The standard InChI is InChI=1S/C23H23O6P/c1-26-23(24)22-15-9-8-14-21(22)18-29-30(25,27-16-19-10-4-2-5-11-19)28-17-20-12-6-3-7-13-20/h2-15H,16-18H2,1H3. The zero-order valence-electron chi connectivity index (χ0n) is 16.6. The summed E-state index contributed by atoms with van der Waals surface area (Å²) < 4.78 is 34.9. The van der Waals surface area contributed by atoms with Crippen LogP contribution in [0.5, 0.6) is 0 Å². The Balaban J connectivity index is 1.73. The third-order valence-corrected chi connectivity index (χ3v) is 5.60. The van der Waals surface area contributed by atoms with E-state index in [-0.39, 0.29) is 19.8 Å². The van der Waals surface area contributed by atoms with Crippen LogP contribution >= 0.6 is 7.82 Å². The minimum Gasteiger partial charge on any atom is -0.465 e. The van der Waals surface area contributed by atoms with Crippen LogP contribution in [0, 0.1) is 0 Å². The van der Waals surface area contributed by atoms with Crippen LogP contribution < -0.4 is 0 Å². The first-order chi connectivity index (χ1) is 14.6. The van der Waals surface area contributed by atoms with Crippen molar-refractivity contribution in [2.24, 2.45) is 0 Å². The molecule has 0 aliphatic heterocycles. The van der Waals surface area contributed by atoms with E-state index in [1.54, 1.807) is 24.3 Å². The van der Waals surface area contributed by atoms with E-state index < -0.39 is 13.8 Å². The van der Waals surface area contributed by atoms with Crippen molar-refractivity contribution in [1.29, 1.82) is 0 Å². The zero-order valence-corrected chi connectivity index (χ0v) is 17.5. The monoisotopic (exact) mass is 426 g/mol. The van der Waals surface area contributed by atoms with Gasteiger partial charge in [0.1, 0.15) is 0 Å². The Morgan fingerprint density at radius 1 is 0.700 bits per heavy atom. The smallest absolute Gasteiger partial charge is 0.465 e. The molecule has 0 amide bonds. The van der Waals surface area contributed by atoms with Crippen LogP contribution in [0.2, 0.25) is 0 Å². The number of ether oxygens (including phenoxy) is 1. The number of rotatable bonds is 10. The molecule has 0 saturated heterocycles. The lowest BCUT2D eigenvalue weighted by Gasteiger charge is -2.19. The van der Waals surface area contributed by atoms with Gasteiger partial charge < -0.3 is 4.74 Å². The topological polar surface area (TPSA) is 71.1 Å². The van der Waals surface area contributed by atoms with Crippen LogP contribution in [0.4, 0.5) is 0 Å². The van der Waals surface area contributed by atoms with Crippen molar-refractivity contribution in [3.05, 3.63) is 107 Å². The molecule has 0 fully saturated rings. The predicted octanol–water partition coefficient (Wildman–Crippen LogP) is 5.53. The van der Waals surface area contributed by atoms with E-state index in [9.17, 15) is 9.36 Å². The van der Waals surface area contributed by atoms with Crippen LogP contribution in [-0.4, -0.2) is 13.1 Å². The Morgan fingerprint density at radius 3 is 1.70 bits per heavy atom. The number of carbonyl (C=O) groups excluding carboxylic acids is 1. The van der Waals surface area contributed by atoms with E-state index in [4.69, 9.17) is 18.3 Å². The summed E-state index contributed by atoms with van der Waals surface area (Å²) in [6.07, 6.45) is 0. The molecule has 0 bridgehead atoms. The molecule has 0 atom stereocenters. The molecule has 3 aromatic rings. The van der Waals surface area contributed by atoms with E-state index >= 15 is 0 Å². The van der Waals surface area contributed by atoms with E-state index in [0.717, 1.165) is 11.1 Å². The fraction of sp³-hybridized carbons (Fsp3) is 0.174. The number of carbonyl (C=O) groups is 1. The Morgan fingerprint density at radius 2 is 1.17 bits per heavy atom. The lowest BCUT2D eigenvalue weighted by molar-refractivity contribution is 0.0593. The lowest BCUT2D eigenvalue weighted by Crippen LogP contribution is -2.07. The van der Waals surface area contributed by atoms with Crippen molar-refractivity contribution in [2.45, 2.75) is 19.8 Å². The van der Waals surface area contributed by atoms with Crippen molar-refractivity contribution in [1.82, 2.24) is 0 Å². The van der Waals surface area contributed by atoms with Crippen LogP contribution in [-0.2, 0) is 42.7 Å². The second-order valence-corrected chi connectivity index (χ2v) is 8.06. The van der Waals surface area contributed by atoms with E-state index in [2.05, 4.69) is 0 Å². The molecule has 0 spiro atoms. The molecule has 156 valence electrons. The van der Waals surface area contributed by atoms with Gasteiger partial charge in [-0.05, 0) is 22.8 Å². The second kappa shape index (κ2) is 10.9. The first kappa shape index (κ1) is 21.9. The van der Waals surface area contributed by atoms with Crippen molar-refractivity contribution in [3.8, 4) is 0 Å². The van der Waals surface area contributed by atoms with Gasteiger partial charge in [0.05, 0.1) is 32.5 Å². The fourth-order valence-electron chi connectivity index (χ4n) is 2.67. The normalized spacial score (nSPS) is 11.2. The summed E-state index contributed by atoms with van der Waals surface area (Å²) in [4.78, 5) is 12.0. The fourth-order valence-corrected chi connectivity index (χ4v) is 3.81. The van der Waals surface area contributed by atoms with E-state index in [1.807, 2.05) is 60.7 Å². The van der Waals surface area contributed by atoms with Gasteiger partial charge in [-0.25, -0.2) is 9.36 Å². The molecule has 0 saturated carbocycles. The quantitative estimate of drug-likeness (QED) is 0.314. The number of hydrogen-bond acceptors (Lipinski definition) is 6. The van der Waals surface area contributed by atoms with Crippen LogP contribution in [0.15, 0.2) is 84.9 Å². The molecule has 30 heavy (non-hydrogen) atoms. The van der Waals surface area contributed by atoms with Gasteiger partial charge >= 0.3 is 13.8 Å². The van der Waals surface area contributed by atoms with Gasteiger partial charge in [-0.1, -0.05) is 78.9 Å². The number of phosphoric ester groups is 1. The molecule has 3 rings (SSSR count). The molecule has 3 aromatic carbocycles. The molecular weight excluding hydrogens is 403 g/mol. The van der Waals surface area contributed by atoms with Crippen molar-refractivity contribution < 1.29 is 27.7 Å². The Bertz CT molecular complexity index is 943. The van der Waals surface area contributed by atoms with E-state index in [0.29, 0.717) is 11.1 Å². The van der Waals surface area contributed by atoms with Crippen molar-refractivity contribution >= 4 is 13.8 Å². The highest BCUT2D eigenvalue weighted by Crippen LogP contribution is 2.51. The zero-order chi connectivity index (χ0) is 21.2. The first-order valence-corrected chi connectivity index (χ1v) is 10.8. The number of hydrogen-bond donors (Lipinski definition) is 0. The number of phosphoric acid groups is 1. The molecule has 0 aromatic heterocycles. The van der Waals surface area contributed by atoms with Gasteiger partial charge in [0.25, 0.3) is 0 Å². The highest BCUT2D eigenvalue weighted by Gasteiger charge is 2.28. The average molecular weight is 426 g/mol. The van der Waals surface area contributed by atoms with Gasteiger partial charge in [0.15, 0.2) is 0 Å². The maximum Gasteiger partial charge on any atom is 0.475 e. The third kappa shape index (κ3) is 6.37. The summed E-state index contributed by atoms with van der Waals surface area (Å²) in [6.45, 7) is -0.0107. The van der Waals surface area contributed by atoms with Gasteiger partial charge in [-0.3, -0.25) is 13.6 Å². The Labute approximate surface area is 176 Å². The summed E-state index contributed by atoms with van der Waals surface area (Å²) in [7, 11) is -2.62. The molecule has 0 radical (unpaired) electrons. The Kier molecular flexibility index (Phi) is 7.94. The predicted molar refractivity (Wildman–Crippen MR) is 113 cm³/mol. The summed E-state index contributed by atoms with van der Waals surface area (Å²) in [5.74, 6) is -0.501. The Hall–Kier alpha value is -2.76. The molecular formula is C23H23O6P. The van der Waals surface area contributed by atoms with Crippen molar-refractivity contribution in [2.75, 3.05) is 7.11 Å². The largest absolute Gasteiger partial charge is 0.475 e. The average Bonchev–Trinajstić information content (AvgIpc) is 2.81. The summed E-state index contributed by atoms with van der Waals surface area (Å²) in [5.41, 5.74) is 2.52. The highest BCUT2D eigenvalue weighted by atomic mass is 31.2. The molecule has 0 N–H and O–H groups in total. The van der Waals surface area contributed by atoms with Gasteiger partial charge in [-0.2, -0.15) is 0 Å². The second-order valence-electron chi connectivity index (χ2n) is 6.39. The third-order valence-electron chi connectivity index (χ3n) is 4.27. The minimum absolute atomic E-state index is 0.0611. The SMILES string of the molecule is COC(=O)c1ccccc1COP(=O)(OCc1ccccc1)OCc1ccccc1. The molecule has 0 heterocycles. The maximum atomic E-state index is 13.3. The van der Waals surface area contributed by atoms with E-state index in [1.165, 1.54) is 7.11 Å². The van der Waals surface area contributed by atoms with Crippen LogP contribution in [0.3, 0.4) is 0 Å². The van der Waals surface area contributed by atoms with Crippen LogP contribution in [0.1, 0.15) is 27.0 Å². The highest BCUT2D eigenvalue weighted by molar-refractivity contribution is 7.48. The molecule has 7 heteroatoms. The first-order valence-electron chi connectivity index (χ1n) is 9.37. The summed E-state index contributed by atoms with van der Waals surface area (Å²) in [5, 5.41) is 0. The summed E-state index contributed by atoms with van der Waals surface area (Å²) in [6, 6.07) is 25.4.